The number of carbonyl (C=O) groups is 1. The number of benzene rings is 4. The maximum absolute atomic E-state index is 11.1. The normalized spacial score (nSPS) is 15.8. The summed E-state index contributed by atoms with van der Waals surface area (Å²) in [5.74, 6) is -0.893. The van der Waals surface area contributed by atoms with Gasteiger partial charge >= 0.3 is 5.97 Å². The lowest BCUT2D eigenvalue weighted by Crippen LogP contribution is -2.10. The third-order valence-corrected chi connectivity index (χ3v) is 7.07. The molecule has 0 aromatic heterocycles. The van der Waals surface area contributed by atoms with Gasteiger partial charge in [0, 0.05) is 17.6 Å². The summed E-state index contributed by atoms with van der Waals surface area (Å²) < 4.78 is 0. The van der Waals surface area contributed by atoms with Crippen LogP contribution in [0.4, 0.5) is 5.69 Å². The zero-order valence-electron chi connectivity index (χ0n) is 18.9. The van der Waals surface area contributed by atoms with E-state index in [0.717, 1.165) is 22.5 Å². The number of rotatable bonds is 1. The fourth-order valence-corrected chi connectivity index (χ4v) is 5.48. The van der Waals surface area contributed by atoms with Crippen LogP contribution in [0.1, 0.15) is 36.0 Å². The van der Waals surface area contributed by atoms with Gasteiger partial charge < -0.3 is 5.11 Å². The molecule has 1 heterocycles. The van der Waals surface area contributed by atoms with E-state index in [9.17, 15) is 4.79 Å². The minimum absolute atomic E-state index is 0.343. The zero-order valence-corrected chi connectivity index (χ0v) is 18.9. The number of carboxylic acids is 1. The second-order valence-electron chi connectivity index (χ2n) is 9.07. The van der Waals surface area contributed by atoms with E-state index in [1.807, 2.05) is 30.3 Å². The van der Waals surface area contributed by atoms with Crippen LogP contribution in [0.5, 0.6) is 0 Å². The Balaban J connectivity index is 0.000000129. The van der Waals surface area contributed by atoms with E-state index < -0.39 is 5.97 Å². The molecule has 1 N–H and O–H groups in total. The first-order chi connectivity index (χ1) is 16.7. The first kappa shape index (κ1) is 20.6. The van der Waals surface area contributed by atoms with E-state index in [4.69, 9.17) is 5.11 Å². The summed E-state index contributed by atoms with van der Waals surface area (Å²) >= 11 is 0. The van der Waals surface area contributed by atoms with Crippen LogP contribution in [0.15, 0.2) is 95.5 Å². The van der Waals surface area contributed by atoms with Gasteiger partial charge in [0.25, 0.3) is 0 Å². The van der Waals surface area contributed by atoms with Gasteiger partial charge in [0.1, 0.15) is 0 Å². The van der Waals surface area contributed by atoms with Gasteiger partial charge in [-0.25, -0.2) is 4.79 Å². The summed E-state index contributed by atoms with van der Waals surface area (Å²) in [5, 5.41) is 14.8. The Morgan fingerprint density at radius 1 is 0.794 bits per heavy atom. The Morgan fingerprint density at radius 3 is 2.50 bits per heavy atom. The quantitative estimate of drug-likeness (QED) is 0.311. The Hall–Kier alpha value is -3.98. The highest BCUT2D eigenvalue weighted by atomic mass is 16.4. The maximum atomic E-state index is 11.1. The first-order valence-electron chi connectivity index (χ1n) is 11.9. The number of hydrogen-bond acceptors (Lipinski definition) is 2. The molecular formula is C31H25NO2. The van der Waals surface area contributed by atoms with Gasteiger partial charge in [-0.1, -0.05) is 78.9 Å². The second kappa shape index (κ2) is 8.42. The van der Waals surface area contributed by atoms with Gasteiger partial charge in [-0.05, 0) is 64.4 Å². The number of hydrogen-bond donors (Lipinski definition) is 1. The summed E-state index contributed by atoms with van der Waals surface area (Å²) in [6, 6.07) is 25.6. The van der Waals surface area contributed by atoms with Crippen molar-refractivity contribution in [3.63, 3.8) is 0 Å². The van der Waals surface area contributed by atoms with Crippen LogP contribution in [0, 0.1) is 0 Å². The van der Waals surface area contributed by atoms with Crippen molar-refractivity contribution in [3.05, 3.63) is 107 Å². The first-order valence-corrected chi connectivity index (χ1v) is 11.9. The lowest BCUT2D eigenvalue weighted by molar-refractivity contribution is -0.132. The van der Waals surface area contributed by atoms with Gasteiger partial charge in [0.15, 0.2) is 0 Å². The molecule has 0 bridgehead atoms. The van der Waals surface area contributed by atoms with Crippen LogP contribution in [0.3, 0.4) is 0 Å². The molecule has 0 saturated carbocycles. The van der Waals surface area contributed by atoms with E-state index in [-0.39, 0.29) is 0 Å². The number of aliphatic carboxylic acids is 1. The van der Waals surface area contributed by atoms with E-state index >= 15 is 0 Å². The highest BCUT2D eigenvalue weighted by Crippen LogP contribution is 2.39. The van der Waals surface area contributed by atoms with Crippen molar-refractivity contribution in [2.75, 3.05) is 0 Å². The summed E-state index contributed by atoms with van der Waals surface area (Å²) in [7, 11) is 0. The third kappa shape index (κ3) is 3.45. The molecule has 0 saturated heterocycles. The molecule has 0 spiro atoms. The van der Waals surface area contributed by atoms with Crippen molar-refractivity contribution in [1.29, 1.82) is 0 Å². The monoisotopic (exact) mass is 443 g/mol. The fraction of sp³-hybridized carbons (Fsp3) is 0.161. The molecule has 2 aliphatic carbocycles. The second-order valence-corrected chi connectivity index (χ2v) is 9.07. The van der Waals surface area contributed by atoms with E-state index in [1.54, 1.807) is 17.2 Å². The number of nitrogens with zero attached hydrogens (tertiary/aromatic N) is 1. The van der Waals surface area contributed by atoms with Gasteiger partial charge in [-0.2, -0.15) is 0 Å². The Bertz CT molecular complexity index is 1550. The van der Waals surface area contributed by atoms with Gasteiger partial charge in [-0.3, -0.25) is 4.99 Å². The smallest absolute Gasteiger partial charge is 0.336 e. The Labute approximate surface area is 198 Å². The van der Waals surface area contributed by atoms with E-state index in [0.29, 0.717) is 12.0 Å². The Morgan fingerprint density at radius 2 is 1.59 bits per heavy atom. The molecule has 3 heteroatoms. The van der Waals surface area contributed by atoms with Crippen LogP contribution >= 0.6 is 0 Å². The molecule has 0 amide bonds. The number of aliphatic imine (C=N–C) groups is 1. The average molecular weight is 444 g/mol. The fourth-order valence-electron chi connectivity index (χ4n) is 5.48. The van der Waals surface area contributed by atoms with Gasteiger partial charge in [0.05, 0.1) is 17.0 Å². The minimum Gasteiger partial charge on any atom is -0.478 e. The molecule has 34 heavy (non-hydrogen) atoms. The van der Waals surface area contributed by atoms with Gasteiger partial charge in [-0.15, -0.1) is 0 Å². The molecule has 1 aliphatic heterocycles. The molecule has 166 valence electrons. The molecule has 7 rings (SSSR count). The number of fused-ring (bicyclic) bond motifs is 8. The largest absolute Gasteiger partial charge is 0.478 e. The molecule has 0 fully saturated rings. The lowest BCUT2D eigenvalue weighted by Gasteiger charge is -2.18. The van der Waals surface area contributed by atoms with E-state index in [2.05, 4.69) is 53.5 Å². The summed E-state index contributed by atoms with van der Waals surface area (Å²) in [6.07, 6.45) is 9.44. The predicted octanol–water partition coefficient (Wildman–Crippen LogP) is 7.44. The predicted molar refractivity (Wildman–Crippen MR) is 140 cm³/mol. The molecule has 3 nitrogen and oxygen atoms in total. The molecule has 0 radical (unpaired) electrons. The van der Waals surface area contributed by atoms with E-state index in [1.165, 1.54) is 47.2 Å². The standard InChI is InChI=1S/C18H16.C13H9NO2/c1-3-7-15-13(5-1)9-11-18-16-8-4-2-6-14(16)10-12-17(15)18;15-13(16)9-5-3-7-11-12(9)8-4-1-2-6-10(8)14-11/h1,3,5,7,9-12H,2,4,6,8H2;1-6H,7H2,(H,15,16). The van der Waals surface area contributed by atoms with Crippen molar-refractivity contribution in [3.8, 4) is 0 Å². The number of carboxylic acid groups (broad SMARTS) is 1. The molecule has 0 atom stereocenters. The molecule has 4 aromatic carbocycles. The molecule has 4 aromatic rings. The van der Waals surface area contributed by atoms with Crippen molar-refractivity contribution in [1.82, 2.24) is 0 Å². The summed E-state index contributed by atoms with van der Waals surface area (Å²) in [4.78, 5) is 15.6. The van der Waals surface area contributed by atoms with Crippen molar-refractivity contribution < 1.29 is 9.90 Å². The SMILES string of the molecule is O=C(O)C1=C2C(=Nc3ccccc32)CC=C1.c1ccc2c(c1)ccc1c3c(ccc12)CCCC3. The van der Waals surface area contributed by atoms with Crippen LogP contribution in [-0.2, 0) is 17.6 Å². The molecular weight excluding hydrogens is 418 g/mol. The van der Waals surface area contributed by atoms with Gasteiger partial charge in [0.2, 0.25) is 0 Å². The number of para-hydroxylation sites is 1. The highest BCUT2D eigenvalue weighted by molar-refractivity contribution is 6.34. The maximum Gasteiger partial charge on any atom is 0.336 e. The molecule has 3 aliphatic rings. The summed E-state index contributed by atoms with van der Waals surface area (Å²) in [6.45, 7) is 0. The number of allylic oxidation sites excluding steroid dienone is 2. The van der Waals surface area contributed by atoms with Crippen molar-refractivity contribution in [2.24, 2.45) is 4.99 Å². The topological polar surface area (TPSA) is 49.7 Å². The van der Waals surface area contributed by atoms with Crippen LogP contribution in [0.2, 0.25) is 0 Å². The number of aryl methyl sites for hydroxylation is 2. The third-order valence-electron chi connectivity index (χ3n) is 7.07. The van der Waals surface area contributed by atoms with Crippen LogP contribution in [0.25, 0.3) is 27.1 Å². The van der Waals surface area contributed by atoms with Crippen LogP contribution < -0.4 is 0 Å². The van der Waals surface area contributed by atoms with Crippen LogP contribution in [-0.4, -0.2) is 16.8 Å². The molecule has 0 unspecified atom stereocenters. The van der Waals surface area contributed by atoms with Crippen molar-refractivity contribution in [2.45, 2.75) is 32.1 Å². The average Bonchev–Trinajstić information content (AvgIpc) is 3.27. The summed E-state index contributed by atoms with van der Waals surface area (Å²) in [5.41, 5.74) is 6.96. The highest BCUT2D eigenvalue weighted by Gasteiger charge is 2.27. The zero-order chi connectivity index (χ0) is 23.1. The minimum atomic E-state index is -0.893. The Kier molecular flexibility index (Phi) is 5.10. The lowest BCUT2D eigenvalue weighted by atomic mass is 9.86. The van der Waals surface area contributed by atoms with Crippen molar-refractivity contribution >= 4 is 44.5 Å².